The zero-order valence-corrected chi connectivity index (χ0v) is 14.8. The van der Waals surface area contributed by atoms with E-state index in [0.717, 1.165) is 13.1 Å². The van der Waals surface area contributed by atoms with Crippen molar-refractivity contribution in [2.24, 2.45) is 11.8 Å². The number of nitrogens with one attached hydrogen (secondary N) is 1. The van der Waals surface area contributed by atoms with E-state index in [2.05, 4.69) is 5.32 Å². The number of benzene rings is 1. The van der Waals surface area contributed by atoms with Gasteiger partial charge in [-0.25, -0.2) is 8.42 Å². The Morgan fingerprint density at radius 2 is 1.52 bits per heavy atom. The molecule has 0 unspecified atom stereocenters. The Bertz CT molecular complexity index is 618. The molecule has 0 bridgehead atoms. The fourth-order valence-corrected chi connectivity index (χ4v) is 5.96. The van der Waals surface area contributed by atoms with E-state index in [4.69, 9.17) is 34.8 Å². The average molecular weight is 392 g/mol. The van der Waals surface area contributed by atoms with Crippen molar-refractivity contribution in [1.82, 2.24) is 9.62 Å². The number of rotatable bonds is 2. The maximum Gasteiger partial charge on any atom is 0.246 e. The summed E-state index contributed by atoms with van der Waals surface area (Å²) in [6, 6.07) is 2.81. The molecule has 3 rings (SSSR count). The molecule has 0 radical (unpaired) electrons. The molecule has 2 atom stereocenters. The molecule has 4 nitrogen and oxygen atoms in total. The van der Waals surface area contributed by atoms with Crippen LogP contribution < -0.4 is 5.32 Å². The number of sulfonamides is 1. The first-order chi connectivity index (χ1) is 9.39. The summed E-state index contributed by atoms with van der Waals surface area (Å²) in [7, 11) is -3.68. The van der Waals surface area contributed by atoms with Crippen molar-refractivity contribution >= 4 is 57.2 Å². The Labute approximate surface area is 145 Å². The number of hydrogen-bond acceptors (Lipinski definition) is 3. The van der Waals surface area contributed by atoms with E-state index in [0.29, 0.717) is 29.9 Å². The standard InChI is InChI=1S/C12H13Cl3N2O2S.ClH/c13-9-1-10(14)12(11(15)2-9)20(18,19)17-5-7-3-16-4-8(7)6-17;/h1-2,7-8,16H,3-6H2;1H/t7-,8+;. The Kier molecular flexibility index (Phi) is 5.36. The summed E-state index contributed by atoms with van der Waals surface area (Å²) < 4.78 is 26.9. The molecule has 9 heteroatoms. The van der Waals surface area contributed by atoms with E-state index in [1.165, 1.54) is 16.4 Å². The lowest BCUT2D eigenvalue weighted by Gasteiger charge is -2.19. The summed E-state index contributed by atoms with van der Waals surface area (Å²) in [5, 5.41) is 3.73. The van der Waals surface area contributed by atoms with E-state index in [1.807, 2.05) is 0 Å². The third-order valence-electron chi connectivity index (χ3n) is 3.92. The van der Waals surface area contributed by atoms with Gasteiger partial charge in [-0.1, -0.05) is 34.8 Å². The first-order valence-electron chi connectivity index (χ1n) is 6.25. The van der Waals surface area contributed by atoms with Gasteiger partial charge in [-0.2, -0.15) is 4.31 Å². The summed E-state index contributed by atoms with van der Waals surface area (Å²) in [5.41, 5.74) is 0. The third-order valence-corrected chi connectivity index (χ3v) is 6.89. The van der Waals surface area contributed by atoms with E-state index >= 15 is 0 Å². The minimum Gasteiger partial charge on any atom is -0.316 e. The zero-order valence-electron chi connectivity index (χ0n) is 10.9. The Hall–Kier alpha value is 0.250. The molecule has 1 aromatic carbocycles. The SMILES string of the molecule is Cl.O=S(=O)(c1c(Cl)cc(Cl)cc1Cl)N1C[C@H]2CNC[C@H]2C1. The van der Waals surface area contributed by atoms with Gasteiger partial charge < -0.3 is 5.32 Å². The van der Waals surface area contributed by atoms with Crippen LogP contribution in [0, 0.1) is 11.8 Å². The van der Waals surface area contributed by atoms with Gasteiger partial charge >= 0.3 is 0 Å². The van der Waals surface area contributed by atoms with Gasteiger partial charge in [-0.3, -0.25) is 0 Å². The zero-order chi connectivity index (χ0) is 14.5. The maximum absolute atomic E-state index is 12.7. The van der Waals surface area contributed by atoms with Gasteiger partial charge in [0.25, 0.3) is 0 Å². The monoisotopic (exact) mass is 390 g/mol. The highest BCUT2D eigenvalue weighted by molar-refractivity contribution is 7.89. The first kappa shape index (κ1) is 17.6. The second-order valence-electron chi connectivity index (χ2n) is 5.20. The molecule has 0 aromatic heterocycles. The van der Waals surface area contributed by atoms with Crippen LogP contribution in [0.1, 0.15) is 0 Å². The molecule has 0 spiro atoms. The highest BCUT2D eigenvalue weighted by Gasteiger charge is 2.42. The largest absolute Gasteiger partial charge is 0.316 e. The molecule has 1 N–H and O–H groups in total. The summed E-state index contributed by atoms with van der Waals surface area (Å²) in [6.45, 7) is 2.74. The van der Waals surface area contributed by atoms with Crippen LogP contribution in [-0.2, 0) is 10.0 Å². The van der Waals surface area contributed by atoms with Gasteiger partial charge in [0, 0.05) is 18.1 Å². The van der Waals surface area contributed by atoms with Crippen LogP contribution in [0.3, 0.4) is 0 Å². The molecule has 0 amide bonds. The number of halogens is 4. The van der Waals surface area contributed by atoms with Crippen LogP contribution in [-0.4, -0.2) is 38.9 Å². The molecule has 0 aliphatic carbocycles. The molecule has 118 valence electrons. The number of hydrogen-bond donors (Lipinski definition) is 1. The molecule has 21 heavy (non-hydrogen) atoms. The predicted octanol–water partition coefficient (Wildman–Crippen LogP) is 2.91. The minimum absolute atomic E-state index is 0. The molecule has 2 saturated heterocycles. The highest BCUT2D eigenvalue weighted by Crippen LogP contribution is 2.37. The highest BCUT2D eigenvalue weighted by atomic mass is 35.5. The molecule has 2 aliphatic heterocycles. The average Bonchev–Trinajstić information content (AvgIpc) is 2.85. The maximum atomic E-state index is 12.7. The van der Waals surface area contributed by atoms with Gasteiger partial charge in [0.15, 0.2) is 0 Å². The van der Waals surface area contributed by atoms with Crippen LogP contribution in [0.4, 0.5) is 0 Å². The van der Waals surface area contributed by atoms with Crippen LogP contribution in [0.15, 0.2) is 17.0 Å². The van der Waals surface area contributed by atoms with Crippen molar-refractivity contribution in [3.05, 3.63) is 27.2 Å². The van der Waals surface area contributed by atoms with Crippen molar-refractivity contribution < 1.29 is 8.42 Å². The van der Waals surface area contributed by atoms with Crippen LogP contribution in [0.2, 0.25) is 15.1 Å². The molecule has 1 aromatic rings. The van der Waals surface area contributed by atoms with Gasteiger partial charge in [-0.15, -0.1) is 12.4 Å². The van der Waals surface area contributed by atoms with Crippen molar-refractivity contribution in [1.29, 1.82) is 0 Å². The molecular weight excluding hydrogens is 378 g/mol. The molecule has 2 fully saturated rings. The normalized spacial score (nSPS) is 25.7. The number of nitrogens with zero attached hydrogens (tertiary/aromatic N) is 1. The summed E-state index contributed by atoms with van der Waals surface area (Å²) in [5.74, 6) is 0.740. The van der Waals surface area contributed by atoms with Crippen LogP contribution >= 0.6 is 47.2 Å². The summed E-state index contributed by atoms with van der Waals surface area (Å²) >= 11 is 17.9. The van der Waals surface area contributed by atoms with Gasteiger partial charge in [0.2, 0.25) is 10.0 Å². The third kappa shape index (κ3) is 3.15. The van der Waals surface area contributed by atoms with Crippen molar-refractivity contribution in [2.45, 2.75) is 4.90 Å². The van der Waals surface area contributed by atoms with Crippen LogP contribution in [0.5, 0.6) is 0 Å². The predicted molar refractivity (Wildman–Crippen MR) is 87.3 cm³/mol. The second-order valence-corrected chi connectivity index (χ2v) is 8.32. The quantitative estimate of drug-likeness (QED) is 0.843. The second kappa shape index (κ2) is 6.40. The van der Waals surface area contributed by atoms with E-state index in [9.17, 15) is 8.42 Å². The van der Waals surface area contributed by atoms with Crippen molar-refractivity contribution in [2.75, 3.05) is 26.2 Å². The minimum atomic E-state index is -3.68. The van der Waals surface area contributed by atoms with E-state index in [1.54, 1.807) is 0 Å². The van der Waals surface area contributed by atoms with Gasteiger partial charge in [0.1, 0.15) is 4.90 Å². The molecule has 2 aliphatic rings. The van der Waals surface area contributed by atoms with Crippen LogP contribution in [0.25, 0.3) is 0 Å². The van der Waals surface area contributed by atoms with Crippen molar-refractivity contribution in [3.8, 4) is 0 Å². The Morgan fingerprint density at radius 1 is 1.05 bits per heavy atom. The number of fused-ring (bicyclic) bond motifs is 1. The smallest absolute Gasteiger partial charge is 0.246 e. The lowest BCUT2D eigenvalue weighted by molar-refractivity contribution is 0.448. The van der Waals surface area contributed by atoms with Gasteiger partial charge in [-0.05, 0) is 37.1 Å². The van der Waals surface area contributed by atoms with Gasteiger partial charge in [0.05, 0.1) is 10.0 Å². The summed E-state index contributed by atoms with van der Waals surface area (Å²) in [4.78, 5) is -0.0434. The molecule has 0 saturated carbocycles. The fourth-order valence-electron chi connectivity index (χ4n) is 2.91. The fraction of sp³-hybridized carbons (Fsp3) is 0.500. The Morgan fingerprint density at radius 3 is 2.00 bits per heavy atom. The lowest BCUT2D eigenvalue weighted by Crippen LogP contribution is -2.32. The topological polar surface area (TPSA) is 49.4 Å². The van der Waals surface area contributed by atoms with E-state index < -0.39 is 10.0 Å². The first-order valence-corrected chi connectivity index (χ1v) is 8.82. The Balaban J connectivity index is 0.00000161. The van der Waals surface area contributed by atoms with E-state index in [-0.39, 0.29) is 27.3 Å². The molecular formula is C12H14Cl4N2O2S. The summed E-state index contributed by atoms with van der Waals surface area (Å²) in [6.07, 6.45) is 0. The molecule has 2 heterocycles. The van der Waals surface area contributed by atoms with Crippen molar-refractivity contribution in [3.63, 3.8) is 0 Å². The lowest BCUT2D eigenvalue weighted by atomic mass is 10.0.